The van der Waals surface area contributed by atoms with Crippen molar-refractivity contribution in [1.29, 1.82) is 0 Å². The highest BCUT2D eigenvalue weighted by molar-refractivity contribution is 6.22. The number of nitrogens with one attached hydrogen (secondary N) is 1. The molecule has 2 aliphatic heterocycles. The predicted octanol–water partition coefficient (Wildman–Crippen LogP) is 8.69. The maximum Gasteiger partial charge on any atom is 0.260 e. The molecule has 5 aromatic rings. The van der Waals surface area contributed by atoms with Crippen LogP contribution < -0.4 is 19.8 Å². The van der Waals surface area contributed by atoms with E-state index in [0.29, 0.717) is 46.0 Å². The first-order valence-electron chi connectivity index (χ1n) is 20.6. The second kappa shape index (κ2) is 15.3. The van der Waals surface area contributed by atoms with Crippen molar-refractivity contribution in [1.82, 2.24) is 5.01 Å². The third kappa shape index (κ3) is 6.31. The van der Waals surface area contributed by atoms with Crippen molar-refractivity contribution in [2.24, 2.45) is 23.7 Å². The van der Waals surface area contributed by atoms with Crippen LogP contribution in [0.5, 0.6) is 17.2 Å². The van der Waals surface area contributed by atoms with Gasteiger partial charge >= 0.3 is 0 Å². The van der Waals surface area contributed by atoms with Gasteiger partial charge in [-0.15, -0.1) is 0 Å². The number of hydrogen-bond acceptors (Lipinski definition) is 8. The molecule has 5 aromatic carbocycles. The first-order valence-corrected chi connectivity index (χ1v) is 20.6. The lowest BCUT2D eigenvalue weighted by Gasteiger charge is -2.50. The number of allylic oxidation sites excluding steroid dienone is 2. The van der Waals surface area contributed by atoms with Crippen LogP contribution in [0.2, 0.25) is 0 Å². The molecule has 61 heavy (non-hydrogen) atoms. The minimum Gasteiger partial charge on any atom is -0.507 e. The van der Waals surface area contributed by atoms with Crippen molar-refractivity contribution in [3.63, 3.8) is 0 Å². The number of amides is 4. The number of hydrazine groups is 1. The molecule has 0 aromatic heterocycles. The predicted molar refractivity (Wildman–Crippen MR) is 234 cm³/mol. The number of phenolic OH excluding ortho intramolecular Hbond substituents is 1. The normalized spacial score (nSPS) is 24.4. The van der Waals surface area contributed by atoms with Crippen molar-refractivity contribution in [2.75, 3.05) is 24.5 Å². The minimum atomic E-state index is -1.40. The van der Waals surface area contributed by atoms with Gasteiger partial charge in [-0.2, -0.15) is 5.01 Å². The van der Waals surface area contributed by atoms with Crippen molar-refractivity contribution in [2.45, 2.75) is 44.9 Å². The third-order valence-corrected chi connectivity index (χ3v) is 13.3. The van der Waals surface area contributed by atoms with Crippen LogP contribution in [0.25, 0.3) is 12.2 Å². The van der Waals surface area contributed by atoms with Gasteiger partial charge in [-0.05, 0) is 110 Å². The number of anilines is 2. The average Bonchev–Trinajstić information content (AvgIpc) is 3.66. The van der Waals surface area contributed by atoms with Crippen LogP contribution in [0.15, 0.2) is 121 Å². The third-order valence-electron chi connectivity index (χ3n) is 13.3. The summed E-state index contributed by atoms with van der Waals surface area (Å²) in [6.45, 7) is 5.62. The molecule has 3 fully saturated rings. The number of nitrogens with zero attached hydrogens (tertiary/aromatic N) is 2. The molecule has 10 heteroatoms. The van der Waals surface area contributed by atoms with Gasteiger partial charge in [0.1, 0.15) is 17.2 Å². The number of methoxy groups -OCH3 is 2. The van der Waals surface area contributed by atoms with Gasteiger partial charge in [-0.1, -0.05) is 96.1 Å². The number of imide groups is 2. The summed E-state index contributed by atoms with van der Waals surface area (Å²) in [6, 6.07) is 33.6. The van der Waals surface area contributed by atoms with E-state index in [2.05, 4.69) is 11.5 Å². The maximum absolute atomic E-state index is 15.5. The fraction of sp³-hybridized carbons (Fsp3) is 0.255. The van der Waals surface area contributed by atoms with E-state index in [0.717, 1.165) is 27.8 Å². The largest absolute Gasteiger partial charge is 0.507 e. The molecule has 2 saturated heterocycles. The first-order chi connectivity index (χ1) is 29.5. The van der Waals surface area contributed by atoms with E-state index < -0.39 is 46.8 Å². The quantitative estimate of drug-likeness (QED) is 0.0861. The molecule has 1 saturated carbocycles. The van der Waals surface area contributed by atoms with Crippen LogP contribution in [0.4, 0.5) is 11.4 Å². The van der Waals surface area contributed by atoms with Gasteiger partial charge in [0.15, 0.2) is 0 Å². The fourth-order valence-corrected chi connectivity index (χ4v) is 10.4. The SMILES string of the molecule is COc1ccc(OC)c(C=Cc2ccc(N3C(=O)[C@H]4[C@H](CC=C5[C@H]4C[C@H]4C(=O)N(Nc6ccc(C)cc6)C(=O)[C@@]4(c4ccccc4)[C@H]5c4cc(C)c(O)c(C)c4)C3=O)cc2)c1. The van der Waals surface area contributed by atoms with Gasteiger partial charge in [0.25, 0.3) is 11.8 Å². The number of rotatable bonds is 9. The Bertz CT molecular complexity index is 2630. The minimum absolute atomic E-state index is 0.157. The Morgan fingerprint density at radius 2 is 1.46 bits per heavy atom. The highest BCUT2D eigenvalue weighted by Gasteiger charge is 2.70. The topological polar surface area (TPSA) is 125 Å². The van der Waals surface area contributed by atoms with E-state index in [1.807, 2.05) is 130 Å². The average molecular weight is 814 g/mol. The molecule has 9 rings (SSSR count). The molecule has 10 nitrogen and oxygen atoms in total. The number of carbonyl (C=O) groups is 4. The molecule has 0 bridgehead atoms. The zero-order valence-electron chi connectivity index (χ0n) is 34.7. The van der Waals surface area contributed by atoms with E-state index >= 15 is 9.59 Å². The summed E-state index contributed by atoms with van der Waals surface area (Å²) < 4.78 is 10.9. The number of aryl methyl sites for hydroxylation is 3. The van der Waals surface area contributed by atoms with Crippen molar-refractivity contribution >= 4 is 47.2 Å². The Morgan fingerprint density at radius 3 is 2.13 bits per heavy atom. The van der Waals surface area contributed by atoms with E-state index in [-0.39, 0.29) is 24.0 Å². The number of ether oxygens (including phenoxy) is 2. The highest BCUT2D eigenvalue weighted by atomic mass is 16.5. The number of phenols is 1. The monoisotopic (exact) mass is 813 g/mol. The number of fused-ring (bicyclic) bond motifs is 4. The number of aromatic hydroxyl groups is 1. The molecule has 0 spiro atoms. The molecule has 2 heterocycles. The molecular weight excluding hydrogens is 767 g/mol. The smallest absolute Gasteiger partial charge is 0.260 e. The summed E-state index contributed by atoms with van der Waals surface area (Å²) in [5.74, 6) is -3.30. The maximum atomic E-state index is 15.5. The first kappa shape index (κ1) is 39.5. The van der Waals surface area contributed by atoms with Crippen LogP contribution in [0.1, 0.15) is 57.7 Å². The van der Waals surface area contributed by atoms with Gasteiger partial charge in [-0.3, -0.25) is 29.5 Å². The summed E-state index contributed by atoms with van der Waals surface area (Å²) in [5.41, 5.74) is 9.13. The van der Waals surface area contributed by atoms with E-state index in [4.69, 9.17) is 9.47 Å². The Morgan fingerprint density at radius 1 is 0.754 bits per heavy atom. The molecular formula is C51H47N3O7. The second-order valence-electron chi connectivity index (χ2n) is 16.6. The van der Waals surface area contributed by atoms with E-state index in [9.17, 15) is 14.7 Å². The lowest BCUT2D eigenvalue weighted by molar-refractivity contribution is -0.138. The second-order valence-corrected chi connectivity index (χ2v) is 16.6. The number of benzene rings is 5. The Kier molecular flexibility index (Phi) is 9.89. The van der Waals surface area contributed by atoms with Crippen LogP contribution in [0, 0.1) is 44.4 Å². The summed E-state index contributed by atoms with van der Waals surface area (Å²) in [4.78, 5) is 61.1. The molecule has 0 radical (unpaired) electrons. The Balaban J connectivity index is 1.11. The Labute approximate surface area is 355 Å². The van der Waals surface area contributed by atoms with Crippen LogP contribution in [-0.4, -0.2) is 48.0 Å². The lowest BCUT2D eigenvalue weighted by atomic mass is 9.49. The van der Waals surface area contributed by atoms with Crippen LogP contribution in [0.3, 0.4) is 0 Å². The molecule has 4 amide bonds. The van der Waals surface area contributed by atoms with Gasteiger partial charge in [0, 0.05) is 11.5 Å². The number of carbonyl (C=O) groups excluding carboxylic acids is 4. The molecule has 4 aliphatic rings. The number of hydrogen-bond donors (Lipinski definition) is 2. The van der Waals surface area contributed by atoms with Crippen LogP contribution >= 0.6 is 0 Å². The Hall–Kier alpha value is -6.94. The van der Waals surface area contributed by atoms with Crippen molar-refractivity contribution in [3.05, 3.63) is 160 Å². The van der Waals surface area contributed by atoms with Crippen LogP contribution in [-0.2, 0) is 24.6 Å². The fourth-order valence-electron chi connectivity index (χ4n) is 10.4. The molecule has 6 atom stereocenters. The highest BCUT2D eigenvalue weighted by Crippen LogP contribution is 2.64. The van der Waals surface area contributed by atoms with Gasteiger partial charge in [-0.25, -0.2) is 0 Å². The molecule has 308 valence electrons. The zero-order valence-corrected chi connectivity index (χ0v) is 34.7. The lowest BCUT2D eigenvalue weighted by Crippen LogP contribution is -2.53. The molecule has 0 unspecified atom stereocenters. The van der Waals surface area contributed by atoms with E-state index in [1.165, 1.54) is 9.91 Å². The summed E-state index contributed by atoms with van der Waals surface area (Å²) >= 11 is 0. The molecule has 2 aliphatic carbocycles. The summed E-state index contributed by atoms with van der Waals surface area (Å²) in [7, 11) is 3.22. The summed E-state index contributed by atoms with van der Waals surface area (Å²) in [5, 5.41) is 12.1. The van der Waals surface area contributed by atoms with E-state index in [1.54, 1.807) is 26.4 Å². The van der Waals surface area contributed by atoms with Crippen molar-refractivity contribution in [3.8, 4) is 17.2 Å². The van der Waals surface area contributed by atoms with Gasteiger partial charge in [0.05, 0.1) is 48.8 Å². The summed E-state index contributed by atoms with van der Waals surface area (Å²) in [6.07, 6.45) is 6.39. The van der Waals surface area contributed by atoms with Crippen molar-refractivity contribution < 1.29 is 33.8 Å². The van der Waals surface area contributed by atoms with Gasteiger partial charge in [0.2, 0.25) is 11.8 Å². The van der Waals surface area contributed by atoms with Gasteiger partial charge < -0.3 is 14.6 Å². The zero-order chi connectivity index (χ0) is 42.7. The standard InChI is InChI=1S/C51H47N3O7/c1-29-11-17-36(18-12-29)52-54-48(57)42-28-41-39(45(34-25-30(2)46(55)31(3)26-34)51(42,50(54)59)35-9-7-6-8-10-35)22-23-40-44(41)49(58)53(47(40)56)37-19-14-32(15-20-37)13-16-33-27-38(60-4)21-24-43(33)61-5/h6-22,24-27,40-42,44-45,52,55H,23,28H2,1-5H3/t40-,41+,42-,44-,45-,51+/m0/s1. The molecule has 2 N–H and O–H groups in total.